The zero-order valence-electron chi connectivity index (χ0n) is 28.7. The van der Waals surface area contributed by atoms with Crippen LogP contribution in [0.5, 0.6) is 0 Å². The van der Waals surface area contributed by atoms with Crippen molar-refractivity contribution in [2.75, 3.05) is 26.4 Å². The molecule has 0 heterocycles. The Hall–Kier alpha value is -0.320. The highest BCUT2D eigenvalue weighted by atomic mass is 16.5. The molecule has 8 heteroatoms. The summed E-state index contributed by atoms with van der Waals surface area (Å²) in [5.41, 5.74) is -2.99. The topological polar surface area (TPSA) is 118 Å². The van der Waals surface area contributed by atoms with Gasteiger partial charge in [-0.1, -0.05) is 27.7 Å². The third-order valence-corrected chi connectivity index (χ3v) is 8.81. The number of hydrogen-bond donors (Lipinski definition) is 4. The maximum absolute atomic E-state index is 10.2. The Labute approximate surface area is 252 Å². The average molecular weight is 593 g/mol. The maximum atomic E-state index is 10.2. The van der Waals surface area contributed by atoms with Crippen molar-refractivity contribution in [2.24, 2.45) is 5.41 Å². The lowest BCUT2D eigenvalue weighted by atomic mass is 9.87. The molecule has 4 N–H and O–H groups in total. The van der Waals surface area contributed by atoms with Crippen molar-refractivity contribution < 1.29 is 39.4 Å². The van der Waals surface area contributed by atoms with Gasteiger partial charge in [0.15, 0.2) is 0 Å². The highest BCUT2D eigenvalue weighted by Crippen LogP contribution is 2.35. The van der Waals surface area contributed by atoms with E-state index in [2.05, 4.69) is 27.7 Å². The monoisotopic (exact) mass is 592 g/mol. The van der Waals surface area contributed by atoms with E-state index in [1.165, 1.54) is 0 Å². The predicted octanol–water partition coefficient (Wildman–Crippen LogP) is 5.80. The minimum Gasteiger partial charge on any atom is -0.393 e. The van der Waals surface area contributed by atoms with Gasteiger partial charge in [-0.25, -0.2) is 0 Å². The van der Waals surface area contributed by atoms with Crippen LogP contribution in [-0.4, -0.2) is 93.7 Å². The molecular formula is C33H68O8. The smallest absolute Gasteiger partial charge is 0.0676 e. The SMILES string of the molecule is CCC(C)(CC(C)O)OCC(COC(C)(CC)CC(C)O)(COC(C)(CC)CC(C)O)COC(C)(CC)CC(C)O. The van der Waals surface area contributed by atoms with E-state index in [1.807, 2.05) is 27.7 Å². The Balaban J connectivity index is 6.61. The fourth-order valence-corrected chi connectivity index (χ4v) is 5.28. The van der Waals surface area contributed by atoms with Gasteiger partial charge in [-0.15, -0.1) is 0 Å². The second kappa shape index (κ2) is 17.8. The van der Waals surface area contributed by atoms with E-state index in [9.17, 15) is 20.4 Å². The zero-order valence-corrected chi connectivity index (χ0v) is 28.7. The largest absolute Gasteiger partial charge is 0.393 e. The lowest BCUT2D eigenvalue weighted by molar-refractivity contribution is -0.206. The summed E-state index contributed by atoms with van der Waals surface area (Å²) in [6, 6.07) is 0. The van der Waals surface area contributed by atoms with Gasteiger partial charge in [0.25, 0.3) is 0 Å². The molecule has 0 amide bonds. The molecule has 0 aliphatic rings. The fraction of sp³-hybridized carbons (Fsp3) is 1.00. The van der Waals surface area contributed by atoms with Crippen molar-refractivity contribution in [3.8, 4) is 0 Å². The molecule has 0 aliphatic carbocycles. The van der Waals surface area contributed by atoms with Crippen LogP contribution in [0.3, 0.4) is 0 Å². The Morgan fingerprint density at radius 1 is 0.415 bits per heavy atom. The molecule has 0 aromatic rings. The minimum atomic E-state index is -0.742. The van der Waals surface area contributed by atoms with Gasteiger partial charge in [0, 0.05) is 25.7 Å². The van der Waals surface area contributed by atoms with Crippen LogP contribution < -0.4 is 0 Å². The van der Waals surface area contributed by atoms with Crippen molar-refractivity contribution in [3.63, 3.8) is 0 Å². The standard InChI is InChI=1S/C33H68O8/c1-13-29(9,17-25(5)34)38-21-33(22-39-30(10,14-2)18-26(6)35,23-40-31(11,15-3)19-27(7)36)24-41-32(12,16-4)20-28(8)37/h25-28,34-37H,13-24H2,1-12H3. The quantitative estimate of drug-likeness (QED) is 0.111. The number of aliphatic hydroxyl groups excluding tert-OH is 4. The molecule has 8 atom stereocenters. The molecule has 0 aromatic carbocycles. The van der Waals surface area contributed by atoms with E-state index in [0.717, 1.165) is 0 Å². The summed E-state index contributed by atoms with van der Waals surface area (Å²) in [6.07, 6.45) is 2.74. The number of aliphatic hydroxyl groups is 4. The summed E-state index contributed by atoms with van der Waals surface area (Å²) in [5.74, 6) is 0. The van der Waals surface area contributed by atoms with E-state index in [0.29, 0.717) is 51.4 Å². The van der Waals surface area contributed by atoms with Gasteiger partial charge in [0.1, 0.15) is 0 Å². The Morgan fingerprint density at radius 3 is 0.707 bits per heavy atom. The molecule has 0 bridgehead atoms. The van der Waals surface area contributed by atoms with E-state index in [-0.39, 0.29) is 26.4 Å². The first kappa shape index (κ1) is 40.7. The highest BCUT2D eigenvalue weighted by molar-refractivity contribution is 4.89. The molecule has 0 saturated carbocycles. The summed E-state index contributed by atoms with van der Waals surface area (Å²) in [4.78, 5) is 0. The predicted molar refractivity (Wildman–Crippen MR) is 166 cm³/mol. The first-order chi connectivity index (χ1) is 18.7. The molecule has 8 unspecified atom stereocenters. The second-order valence-electron chi connectivity index (χ2n) is 14.1. The fourth-order valence-electron chi connectivity index (χ4n) is 5.28. The average Bonchev–Trinajstić information content (AvgIpc) is 2.86. The second-order valence-corrected chi connectivity index (χ2v) is 14.1. The van der Waals surface area contributed by atoms with Crippen molar-refractivity contribution in [3.05, 3.63) is 0 Å². The van der Waals surface area contributed by atoms with Crippen LogP contribution in [0.2, 0.25) is 0 Å². The van der Waals surface area contributed by atoms with E-state index >= 15 is 0 Å². The summed E-state index contributed by atoms with van der Waals surface area (Å²) in [7, 11) is 0. The van der Waals surface area contributed by atoms with Crippen LogP contribution in [0.15, 0.2) is 0 Å². The molecule has 0 aromatic heterocycles. The first-order valence-corrected chi connectivity index (χ1v) is 16.0. The van der Waals surface area contributed by atoms with Gasteiger partial charge < -0.3 is 39.4 Å². The van der Waals surface area contributed by atoms with Gasteiger partial charge in [0.2, 0.25) is 0 Å². The van der Waals surface area contributed by atoms with Gasteiger partial charge in [-0.3, -0.25) is 0 Å². The summed E-state index contributed by atoms with van der Waals surface area (Å²) in [6.45, 7) is 24.4. The normalized spacial score (nSPS) is 22.8. The molecule has 0 aliphatic heterocycles. The van der Waals surface area contributed by atoms with Gasteiger partial charge in [0.05, 0.1) is 78.7 Å². The van der Waals surface area contributed by atoms with Crippen molar-refractivity contribution in [1.82, 2.24) is 0 Å². The summed E-state index contributed by atoms with van der Waals surface area (Å²) < 4.78 is 26.6. The van der Waals surface area contributed by atoms with Crippen molar-refractivity contribution in [1.29, 1.82) is 0 Å². The molecule has 41 heavy (non-hydrogen) atoms. The summed E-state index contributed by atoms with van der Waals surface area (Å²) >= 11 is 0. The van der Waals surface area contributed by atoms with Crippen molar-refractivity contribution in [2.45, 2.75) is 181 Å². The Morgan fingerprint density at radius 2 is 0.585 bits per heavy atom. The van der Waals surface area contributed by atoms with Gasteiger partial charge >= 0.3 is 0 Å². The molecule has 0 rings (SSSR count). The first-order valence-electron chi connectivity index (χ1n) is 16.0. The van der Waals surface area contributed by atoms with Crippen molar-refractivity contribution >= 4 is 0 Å². The molecule has 0 fully saturated rings. The van der Waals surface area contributed by atoms with Gasteiger partial charge in [-0.2, -0.15) is 0 Å². The number of hydrogen-bond acceptors (Lipinski definition) is 8. The number of ether oxygens (including phenoxy) is 4. The van der Waals surface area contributed by atoms with Crippen LogP contribution >= 0.6 is 0 Å². The number of rotatable bonds is 24. The van der Waals surface area contributed by atoms with Crippen LogP contribution in [0.4, 0.5) is 0 Å². The Bertz CT molecular complexity index is 581. The van der Waals surface area contributed by atoms with E-state index in [1.54, 1.807) is 27.7 Å². The lowest BCUT2D eigenvalue weighted by Crippen LogP contribution is -2.50. The summed E-state index contributed by atoms with van der Waals surface area (Å²) in [5, 5.41) is 40.8. The molecular weight excluding hydrogens is 524 g/mol. The minimum absolute atomic E-state index is 0.265. The third kappa shape index (κ3) is 15.8. The highest BCUT2D eigenvalue weighted by Gasteiger charge is 2.42. The van der Waals surface area contributed by atoms with Gasteiger partial charge in [-0.05, 0) is 81.1 Å². The zero-order chi connectivity index (χ0) is 32.1. The van der Waals surface area contributed by atoms with Crippen LogP contribution in [0.1, 0.15) is 134 Å². The lowest BCUT2D eigenvalue weighted by Gasteiger charge is -2.44. The molecule has 8 nitrogen and oxygen atoms in total. The Kier molecular flexibility index (Phi) is 17.7. The van der Waals surface area contributed by atoms with Crippen LogP contribution in [0, 0.1) is 5.41 Å². The molecule has 0 spiro atoms. The third-order valence-electron chi connectivity index (χ3n) is 8.81. The van der Waals surface area contributed by atoms with Crippen LogP contribution in [0.25, 0.3) is 0 Å². The molecule has 248 valence electrons. The van der Waals surface area contributed by atoms with E-state index in [4.69, 9.17) is 18.9 Å². The molecule has 0 radical (unpaired) electrons. The molecule has 0 saturated heterocycles. The van der Waals surface area contributed by atoms with E-state index < -0.39 is 52.2 Å². The van der Waals surface area contributed by atoms with Crippen LogP contribution in [-0.2, 0) is 18.9 Å². The maximum Gasteiger partial charge on any atom is 0.0676 e.